The second kappa shape index (κ2) is 5.01. The second-order valence-corrected chi connectivity index (χ2v) is 5.24. The molecule has 0 amide bonds. The summed E-state index contributed by atoms with van der Waals surface area (Å²) < 4.78 is 0. The molecule has 0 saturated heterocycles. The van der Waals surface area contributed by atoms with Crippen molar-refractivity contribution in [3.8, 4) is 0 Å². The smallest absolute Gasteiger partial charge is 0.192 e. The number of hydrogen-bond donors (Lipinski definition) is 1. The summed E-state index contributed by atoms with van der Waals surface area (Å²) in [5.41, 5.74) is 10.0. The summed E-state index contributed by atoms with van der Waals surface area (Å²) >= 11 is 0. The van der Waals surface area contributed by atoms with Crippen molar-refractivity contribution in [3.05, 3.63) is 34.9 Å². The molecule has 2 unspecified atom stereocenters. The molecule has 1 aliphatic rings. The van der Waals surface area contributed by atoms with Gasteiger partial charge in [-0.05, 0) is 38.3 Å². The van der Waals surface area contributed by atoms with E-state index in [9.17, 15) is 0 Å². The number of guanidine groups is 1. The van der Waals surface area contributed by atoms with Crippen LogP contribution in [-0.4, -0.2) is 23.4 Å². The van der Waals surface area contributed by atoms with Gasteiger partial charge in [-0.25, -0.2) is 0 Å². The normalized spacial score (nSPS) is 21.0. The van der Waals surface area contributed by atoms with E-state index in [0.29, 0.717) is 18.0 Å². The van der Waals surface area contributed by atoms with E-state index >= 15 is 0 Å². The van der Waals surface area contributed by atoms with E-state index in [1.54, 1.807) is 0 Å². The third-order valence-corrected chi connectivity index (χ3v) is 3.88. The minimum Gasteiger partial charge on any atom is -0.370 e. The summed E-state index contributed by atoms with van der Waals surface area (Å²) in [5.74, 6) is 0.689. The lowest BCUT2D eigenvalue weighted by Gasteiger charge is -2.32. The third kappa shape index (κ3) is 2.22. The van der Waals surface area contributed by atoms with Crippen LogP contribution in [0.4, 0.5) is 0 Å². The Kier molecular flexibility index (Phi) is 3.60. The molecule has 0 saturated carbocycles. The van der Waals surface area contributed by atoms with E-state index in [1.165, 1.54) is 16.7 Å². The van der Waals surface area contributed by atoms with Crippen molar-refractivity contribution in [2.24, 2.45) is 10.7 Å². The molecule has 3 heteroatoms. The highest BCUT2D eigenvalue weighted by Gasteiger charge is 2.31. The van der Waals surface area contributed by atoms with Crippen LogP contribution in [-0.2, 0) is 0 Å². The molecular formula is C15H23N3. The third-order valence-electron chi connectivity index (χ3n) is 3.88. The average Bonchev–Trinajstić information content (AvgIpc) is 2.70. The van der Waals surface area contributed by atoms with Gasteiger partial charge in [-0.1, -0.05) is 30.7 Å². The van der Waals surface area contributed by atoms with Crippen LogP contribution in [0.25, 0.3) is 0 Å². The van der Waals surface area contributed by atoms with E-state index in [0.717, 1.165) is 13.0 Å². The summed E-state index contributed by atoms with van der Waals surface area (Å²) in [6.45, 7) is 9.48. The van der Waals surface area contributed by atoms with Gasteiger partial charge in [0.1, 0.15) is 0 Å². The van der Waals surface area contributed by atoms with Crippen molar-refractivity contribution in [1.82, 2.24) is 4.90 Å². The highest BCUT2D eigenvalue weighted by atomic mass is 15.3. The maximum Gasteiger partial charge on any atom is 0.192 e. The molecule has 1 heterocycles. The fourth-order valence-electron chi connectivity index (χ4n) is 2.69. The zero-order valence-corrected chi connectivity index (χ0v) is 11.8. The summed E-state index contributed by atoms with van der Waals surface area (Å²) in [6, 6.07) is 7.37. The summed E-state index contributed by atoms with van der Waals surface area (Å²) in [7, 11) is 0. The van der Waals surface area contributed by atoms with Gasteiger partial charge in [0, 0.05) is 6.04 Å². The van der Waals surface area contributed by atoms with Crippen LogP contribution in [0.2, 0.25) is 0 Å². The molecule has 1 aromatic rings. The van der Waals surface area contributed by atoms with Crippen LogP contribution >= 0.6 is 0 Å². The van der Waals surface area contributed by atoms with Crippen molar-refractivity contribution in [3.63, 3.8) is 0 Å². The SMILES string of the molecule is CCC(C)N1C(N)=NCC1c1ccc(C)cc1C. The predicted molar refractivity (Wildman–Crippen MR) is 76.7 cm³/mol. The Morgan fingerprint density at radius 1 is 1.44 bits per heavy atom. The lowest BCUT2D eigenvalue weighted by Crippen LogP contribution is -2.42. The number of rotatable bonds is 3. The van der Waals surface area contributed by atoms with Gasteiger partial charge in [-0.2, -0.15) is 0 Å². The molecule has 2 rings (SSSR count). The van der Waals surface area contributed by atoms with Gasteiger partial charge in [0.05, 0.1) is 12.6 Å². The Balaban J connectivity index is 2.33. The Hall–Kier alpha value is -1.51. The molecule has 0 fully saturated rings. The molecule has 0 bridgehead atoms. The maximum absolute atomic E-state index is 6.04. The molecule has 0 aromatic heterocycles. The zero-order valence-electron chi connectivity index (χ0n) is 11.8. The monoisotopic (exact) mass is 245 g/mol. The van der Waals surface area contributed by atoms with Gasteiger partial charge in [0.15, 0.2) is 5.96 Å². The first-order chi connectivity index (χ1) is 8.54. The molecular weight excluding hydrogens is 222 g/mol. The number of nitrogens with two attached hydrogens (primary N) is 1. The number of benzene rings is 1. The fourth-order valence-corrected chi connectivity index (χ4v) is 2.69. The first-order valence-electron chi connectivity index (χ1n) is 6.70. The topological polar surface area (TPSA) is 41.6 Å². The van der Waals surface area contributed by atoms with Gasteiger partial charge in [-0.15, -0.1) is 0 Å². The molecule has 0 spiro atoms. The van der Waals surface area contributed by atoms with Crippen LogP contribution in [0.15, 0.2) is 23.2 Å². The Morgan fingerprint density at radius 2 is 2.17 bits per heavy atom. The number of aliphatic imine (C=N–C) groups is 1. The molecule has 2 N–H and O–H groups in total. The molecule has 3 nitrogen and oxygen atoms in total. The van der Waals surface area contributed by atoms with Crippen LogP contribution in [0.3, 0.4) is 0 Å². The highest BCUT2D eigenvalue weighted by molar-refractivity contribution is 5.80. The van der Waals surface area contributed by atoms with E-state index in [1.807, 2.05) is 0 Å². The predicted octanol–water partition coefficient (Wildman–Crippen LogP) is 2.77. The number of nitrogens with zero attached hydrogens (tertiary/aromatic N) is 2. The van der Waals surface area contributed by atoms with Gasteiger partial charge in [-0.3, -0.25) is 4.99 Å². The van der Waals surface area contributed by atoms with Crippen LogP contribution in [0, 0.1) is 13.8 Å². The first kappa shape index (κ1) is 12.9. The largest absolute Gasteiger partial charge is 0.370 e. The molecule has 0 radical (unpaired) electrons. The van der Waals surface area contributed by atoms with E-state index < -0.39 is 0 Å². The number of aryl methyl sites for hydroxylation is 2. The van der Waals surface area contributed by atoms with Gasteiger partial charge < -0.3 is 10.6 Å². The Bertz CT molecular complexity index is 465. The average molecular weight is 245 g/mol. The van der Waals surface area contributed by atoms with Crippen molar-refractivity contribution in [2.75, 3.05) is 6.54 Å². The van der Waals surface area contributed by atoms with E-state index in [2.05, 4.69) is 55.8 Å². The van der Waals surface area contributed by atoms with Gasteiger partial charge >= 0.3 is 0 Å². The Labute approximate surface area is 110 Å². The van der Waals surface area contributed by atoms with Crippen LogP contribution in [0.1, 0.15) is 43.0 Å². The zero-order chi connectivity index (χ0) is 13.3. The van der Waals surface area contributed by atoms with Gasteiger partial charge in [0.25, 0.3) is 0 Å². The molecule has 2 atom stereocenters. The Morgan fingerprint density at radius 3 is 2.78 bits per heavy atom. The second-order valence-electron chi connectivity index (χ2n) is 5.24. The fraction of sp³-hybridized carbons (Fsp3) is 0.533. The molecule has 1 aromatic carbocycles. The molecule has 98 valence electrons. The summed E-state index contributed by atoms with van der Waals surface area (Å²) in [6.07, 6.45) is 1.08. The lowest BCUT2D eigenvalue weighted by molar-refractivity contribution is 0.268. The van der Waals surface area contributed by atoms with Crippen molar-refractivity contribution in [1.29, 1.82) is 0 Å². The van der Waals surface area contributed by atoms with Gasteiger partial charge in [0.2, 0.25) is 0 Å². The standard InChI is InChI=1S/C15H23N3/c1-5-12(4)18-14(9-17-15(18)16)13-7-6-10(2)8-11(13)3/h6-8,12,14H,5,9H2,1-4H3,(H2,16,17). The lowest BCUT2D eigenvalue weighted by atomic mass is 9.97. The van der Waals surface area contributed by atoms with E-state index in [4.69, 9.17) is 5.73 Å². The minimum atomic E-state index is 0.306. The van der Waals surface area contributed by atoms with Crippen LogP contribution in [0.5, 0.6) is 0 Å². The van der Waals surface area contributed by atoms with Crippen molar-refractivity contribution >= 4 is 5.96 Å². The van der Waals surface area contributed by atoms with E-state index in [-0.39, 0.29) is 0 Å². The van der Waals surface area contributed by atoms with Crippen molar-refractivity contribution < 1.29 is 0 Å². The first-order valence-corrected chi connectivity index (χ1v) is 6.70. The molecule has 1 aliphatic heterocycles. The molecule has 18 heavy (non-hydrogen) atoms. The quantitative estimate of drug-likeness (QED) is 0.889. The highest BCUT2D eigenvalue weighted by Crippen LogP contribution is 2.30. The van der Waals surface area contributed by atoms with Crippen LogP contribution < -0.4 is 5.73 Å². The molecule has 0 aliphatic carbocycles. The number of hydrogen-bond acceptors (Lipinski definition) is 3. The minimum absolute atomic E-state index is 0.306. The van der Waals surface area contributed by atoms with Crippen molar-refractivity contribution in [2.45, 2.75) is 46.2 Å². The maximum atomic E-state index is 6.04. The summed E-state index contributed by atoms with van der Waals surface area (Å²) in [4.78, 5) is 6.69. The summed E-state index contributed by atoms with van der Waals surface area (Å²) in [5, 5.41) is 0.